The van der Waals surface area contributed by atoms with Crippen LogP contribution in [-0.2, 0) is 17.9 Å². The number of amides is 1. The van der Waals surface area contributed by atoms with E-state index in [1.54, 1.807) is 28.8 Å². The van der Waals surface area contributed by atoms with Gasteiger partial charge in [0.05, 0.1) is 11.4 Å². The third-order valence-electron chi connectivity index (χ3n) is 4.95. The Hall–Kier alpha value is -3.56. The van der Waals surface area contributed by atoms with E-state index < -0.39 is 17.9 Å². The molecule has 30 heavy (non-hydrogen) atoms. The minimum absolute atomic E-state index is 0.0297. The minimum Gasteiger partial charge on any atom is -0.444 e. The molecule has 1 fully saturated rings. The van der Waals surface area contributed by atoms with Gasteiger partial charge in [-0.15, -0.1) is 0 Å². The van der Waals surface area contributed by atoms with Crippen molar-refractivity contribution in [3.8, 4) is 0 Å². The molecule has 1 aliphatic heterocycles. The monoisotopic (exact) mass is 416 g/mol. The Balaban J connectivity index is 1.65. The van der Waals surface area contributed by atoms with Crippen LogP contribution in [0, 0.1) is 11.2 Å². The van der Waals surface area contributed by atoms with Crippen LogP contribution in [0.5, 0.6) is 0 Å². The smallest absolute Gasteiger partial charge is 0.414 e. The molecule has 0 spiro atoms. The molecular weight excluding hydrogens is 391 g/mol. The normalized spacial score (nSPS) is 13.8. The summed E-state index contributed by atoms with van der Waals surface area (Å²) in [5.74, 6) is -0.984. The fraction of sp³-hybridized carbons (Fsp3) is 0.350. The van der Waals surface area contributed by atoms with Gasteiger partial charge >= 0.3 is 6.09 Å². The summed E-state index contributed by atoms with van der Waals surface area (Å²) in [6.45, 7) is 4.85. The van der Waals surface area contributed by atoms with Crippen LogP contribution in [0.1, 0.15) is 12.5 Å². The number of guanidine groups is 1. The SMILES string of the molecule is CCn1cc(N2CCN(c3cccc(COC(=O)NC(=N)N)c3F)CC2)ccc1=O. The Kier molecular flexibility index (Phi) is 6.55. The maximum Gasteiger partial charge on any atom is 0.414 e. The molecule has 0 bridgehead atoms. The van der Waals surface area contributed by atoms with Crippen LogP contribution in [0.4, 0.5) is 20.6 Å². The molecular formula is C20H25FN6O3. The number of halogens is 1. The first-order valence-corrected chi connectivity index (χ1v) is 9.64. The summed E-state index contributed by atoms with van der Waals surface area (Å²) in [5, 5.41) is 8.98. The van der Waals surface area contributed by atoms with Crippen molar-refractivity contribution < 1.29 is 13.9 Å². The van der Waals surface area contributed by atoms with Crippen molar-refractivity contribution in [1.29, 1.82) is 5.41 Å². The summed E-state index contributed by atoms with van der Waals surface area (Å²) < 4.78 is 21.5. The minimum atomic E-state index is -0.908. The number of alkyl carbamates (subject to hydrolysis) is 1. The number of carbonyl (C=O) groups is 1. The zero-order valence-corrected chi connectivity index (χ0v) is 16.7. The maximum atomic E-state index is 15.0. The van der Waals surface area contributed by atoms with Crippen LogP contribution < -0.4 is 26.4 Å². The number of anilines is 2. The zero-order chi connectivity index (χ0) is 21.7. The van der Waals surface area contributed by atoms with Gasteiger partial charge in [0.15, 0.2) is 11.8 Å². The molecule has 0 aliphatic carbocycles. The summed E-state index contributed by atoms with van der Waals surface area (Å²) in [6.07, 6.45) is 0.942. The quantitative estimate of drug-likeness (QED) is 0.502. The molecule has 10 heteroatoms. The number of pyridine rings is 1. The number of hydrogen-bond donors (Lipinski definition) is 3. The number of aromatic nitrogens is 1. The predicted molar refractivity (Wildman–Crippen MR) is 112 cm³/mol. The molecule has 9 nitrogen and oxygen atoms in total. The van der Waals surface area contributed by atoms with E-state index in [1.165, 1.54) is 0 Å². The topological polar surface area (TPSA) is 117 Å². The van der Waals surface area contributed by atoms with Gasteiger partial charge in [-0.25, -0.2) is 9.18 Å². The Bertz CT molecular complexity index is 985. The molecule has 0 atom stereocenters. The average molecular weight is 416 g/mol. The van der Waals surface area contributed by atoms with Crippen molar-refractivity contribution in [2.75, 3.05) is 36.0 Å². The van der Waals surface area contributed by atoms with Crippen LogP contribution in [0.3, 0.4) is 0 Å². The van der Waals surface area contributed by atoms with Gasteiger partial charge in [-0.05, 0) is 19.1 Å². The lowest BCUT2D eigenvalue weighted by Gasteiger charge is -2.37. The lowest BCUT2D eigenvalue weighted by molar-refractivity contribution is 0.143. The number of rotatable bonds is 5. The van der Waals surface area contributed by atoms with Gasteiger partial charge in [-0.1, -0.05) is 12.1 Å². The average Bonchev–Trinajstić information content (AvgIpc) is 2.73. The lowest BCUT2D eigenvalue weighted by Crippen LogP contribution is -2.47. The van der Waals surface area contributed by atoms with Crippen molar-refractivity contribution in [2.45, 2.75) is 20.1 Å². The number of ether oxygens (including phenoxy) is 1. The highest BCUT2D eigenvalue weighted by atomic mass is 19.1. The van der Waals surface area contributed by atoms with E-state index in [4.69, 9.17) is 15.9 Å². The number of benzene rings is 1. The van der Waals surface area contributed by atoms with Crippen LogP contribution in [-0.4, -0.2) is 42.8 Å². The highest BCUT2D eigenvalue weighted by Crippen LogP contribution is 2.25. The van der Waals surface area contributed by atoms with Gasteiger partial charge in [0.25, 0.3) is 5.56 Å². The highest BCUT2D eigenvalue weighted by Gasteiger charge is 2.21. The van der Waals surface area contributed by atoms with Gasteiger partial charge in [0.1, 0.15) is 6.61 Å². The standard InChI is InChI=1S/C20H25FN6O3/c1-2-25-12-15(6-7-17(25)28)26-8-10-27(11-9-26)16-5-3-4-14(18(16)21)13-30-20(29)24-19(22)23/h3-7,12H,2,8-11,13H2,1H3,(H4,22,23,24,29). The number of nitrogens with two attached hydrogens (primary N) is 1. The molecule has 1 aliphatic rings. The Morgan fingerprint density at radius 1 is 1.20 bits per heavy atom. The van der Waals surface area contributed by atoms with Crippen molar-refractivity contribution >= 4 is 23.4 Å². The van der Waals surface area contributed by atoms with Gasteiger partial charge in [-0.2, -0.15) is 0 Å². The largest absolute Gasteiger partial charge is 0.444 e. The maximum absolute atomic E-state index is 15.0. The number of aryl methyl sites for hydroxylation is 1. The molecule has 1 amide bonds. The second-order valence-corrected chi connectivity index (χ2v) is 6.85. The second kappa shape index (κ2) is 9.29. The van der Waals surface area contributed by atoms with E-state index in [0.29, 0.717) is 38.4 Å². The number of piperazine rings is 1. The Morgan fingerprint density at radius 2 is 1.90 bits per heavy atom. The van der Waals surface area contributed by atoms with E-state index >= 15 is 0 Å². The molecule has 3 rings (SSSR count). The zero-order valence-electron chi connectivity index (χ0n) is 16.7. The first-order valence-electron chi connectivity index (χ1n) is 9.64. The second-order valence-electron chi connectivity index (χ2n) is 6.85. The molecule has 1 aromatic carbocycles. The summed E-state index contributed by atoms with van der Waals surface area (Å²) in [5.41, 5.74) is 6.68. The number of hydrogen-bond acceptors (Lipinski definition) is 6. The molecule has 0 saturated carbocycles. The number of carbonyl (C=O) groups excluding carboxylic acids is 1. The summed E-state index contributed by atoms with van der Waals surface area (Å²) >= 11 is 0. The highest BCUT2D eigenvalue weighted by molar-refractivity contribution is 5.90. The molecule has 1 saturated heterocycles. The van der Waals surface area contributed by atoms with Crippen molar-refractivity contribution in [3.63, 3.8) is 0 Å². The molecule has 160 valence electrons. The van der Waals surface area contributed by atoms with Crippen molar-refractivity contribution in [3.05, 3.63) is 58.3 Å². The van der Waals surface area contributed by atoms with Crippen molar-refractivity contribution in [1.82, 2.24) is 9.88 Å². The summed E-state index contributed by atoms with van der Waals surface area (Å²) in [6, 6.07) is 8.33. The number of nitrogens with one attached hydrogen (secondary N) is 2. The van der Waals surface area contributed by atoms with E-state index in [9.17, 15) is 14.0 Å². The Morgan fingerprint density at radius 3 is 2.57 bits per heavy atom. The van der Waals surface area contributed by atoms with E-state index in [-0.39, 0.29) is 17.7 Å². The van der Waals surface area contributed by atoms with E-state index in [2.05, 4.69) is 4.90 Å². The lowest BCUT2D eigenvalue weighted by atomic mass is 10.1. The van der Waals surface area contributed by atoms with Crippen LogP contribution in [0.25, 0.3) is 0 Å². The van der Waals surface area contributed by atoms with Gasteiger partial charge in [-0.3, -0.25) is 15.5 Å². The summed E-state index contributed by atoms with van der Waals surface area (Å²) in [4.78, 5) is 27.3. The Labute approximate surface area is 173 Å². The molecule has 2 aromatic rings. The third kappa shape index (κ3) is 4.88. The van der Waals surface area contributed by atoms with E-state index in [0.717, 1.165) is 5.69 Å². The predicted octanol–water partition coefficient (Wildman–Crippen LogP) is 1.45. The fourth-order valence-electron chi connectivity index (χ4n) is 3.37. The summed E-state index contributed by atoms with van der Waals surface area (Å²) in [7, 11) is 0. The third-order valence-corrected chi connectivity index (χ3v) is 4.95. The van der Waals surface area contributed by atoms with Gasteiger partial charge in [0.2, 0.25) is 0 Å². The van der Waals surface area contributed by atoms with Gasteiger partial charge in [0, 0.05) is 50.6 Å². The van der Waals surface area contributed by atoms with Crippen LogP contribution in [0.2, 0.25) is 0 Å². The van der Waals surface area contributed by atoms with Gasteiger partial charge < -0.3 is 24.8 Å². The number of nitrogens with zero attached hydrogens (tertiary/aromatic N) is 3. The molecule has 1 aromatic heterocycles. The first kappa shape index (κ1) is 21.2. The van der Waals surface area contributed by atoms with Crippen molar-refractivity contribution in [2.24, 2.45) is 5.73 Å². The first-order chi connectivity index (χ1) is 14.4. The molecule has 0 radical (unpaired) electrons. The molecule has 4 N–H and O–H groups in total. The van der Waals surface area contributed by atoms with E-state index in [1.807, 2.05) is 29.4 Å². The molecule has 0 unspecified atom stereocenters. The fourth-order valence-corrected chi connectivity index (χ4v) is 3.37. The molecule has 2 heterocycles. The van der Waals surface area contributed by atoms with Crippen LogP contribution >= 0.6 is 0 Å². The van der Waals surface area contributed by atoms with Crippen LogP contribution in [0.15, 0.2) is 41.3 Å².